The van der Waals surface area contributed by atoms with Crippen molar-refractivity contribution in [3.63, 3.8) is 0 Å². The van der Waals surface area contributed by atoms with Gasteiger partial charge in [0.15, 0.2) is 0 Å². The van der Waals surface area contributed by atoms with Gasteiger partial charge in [0.2, 0.25) is 5.91 Å². The van der Waals surface area contributed by atoms with Gasteiger partial charge < -0.3 is 15.2 Å². The zero-order valence-corrected chi connectivity index (χ0v) is 13.9. The van der Waals surface area contributed by atoms with Crippen molar-refractivity contribution in [2.24, 2.45) is 0 Å². The molecule has 2 aromatic carbocycles. The van der Waals surface area contributed by atoms with Crippen molar-refractivity contribution in [1.82, 2.24) is 0 Å². The van der Waals surface area contributed by atoms with E-state index in [9.17, 15) is 14.0 Å². The van der Waals surface area contributed by atoms with E-state index in [-0.39, 0.29) is 18.7 Å². The fraction of sp³-hybridized carbons (Fsp3) is 0.263. The third-order valence-corrected chi connectivity index (χ3v) is 3.72. The molecule has 2 aromatic rings. The highest BCUT2D eigenvalue weighted by atomic mass is 19.1. The van der Waals surface area contributed by atoms with Crippen molar-refractivity contribution in [3.05, 3.63) is 65.5 Å². The Morgan fingerprint density at radius 2 is 1.88 bits per heavy atom. The van der Waals surface area contributed by atoms with Gasteiger partial charge in [-0.2, -0.15) is 0 Å². The highest BCUT2D eigenvalue weighted by Crippen LogP contribution is 2.25. The Labute approximate surface area is 145 Å². The second-order valence-corrected chi connectivity index (χ2v) is 5.73. The standard InChI is InChI=1S/C19H20FNO4/c1-25-12-13-3-2-4-17(9-13)21-18(22)10-15(11-19(23)24)14-5-7-16(20)8-6-14/h2-9,15H,10-12H2,1H3,(H,21,22)(H,23,24). The number of carbonyl (C=O) groups excluding carboxylic acids is 1. The summed E-state index contributed by atoms with van der Waals surface area (Å²) in [6.07, 6.45) is -0.213. The van der Waals surface area contributed by atoms with Crippen LogP contribution in [0.15, 0.2) is 48.5 Å². The van der Waals surface area contributed by atoms with E-state index < -0.39 is 17.7 Å². The zero-order valence-electron chi connectivity index (χ0n) is 13.9. The van der Waals surface area contributed by atoms with E-state index >= 15 is 0 Å². The lowest BCUT2D eigenvalue weighted by Crippen LogP contribution is -2.18. The van der Waals surface area contributed by atoms with Crippen LogP contribution in [0.2, 0.25) is 0 Å². The quantitative estimate of drug-likeness (QED) is 0.767. The molecule has 0 aliphatic carbocycles. The number of nitrogens with one attached hydrogen (secondary N) is 1. The number of hydrogen-bond acceptors (Lipinski definition) is 3. The number of ether oxygens (including phenoxy) is 1. The number of carbonyl (C=O) groups is 2. The number of anilines is 1. The lowest BCUT2D eigenvalue weighted by Gasteiger charge is -2.15. The fourth-order valence-electron chi connectivity index (χ4n) is 2.59. The van der Waals surface area contributed by atoms with Crippen molar-refractivity contribution in [1.29, 1.82) is 0 Å². The summed E-state index contributed by atoms with van der Waals surface area (Å²) in [4.78, 5) is 23.4. The van der Waals surface area contributed by atoms with E-state index in [0.717, 1.165) is 5.56 Å². The van der Waals surface area contributed by atoms with Gasteiger partial charge in [0.25, 0.3) is 0 Å². The Balaban J connectivity index is 2.07. The average molecular weight is 345 g/mol. The van der Waals surface area contributed by atoms with Crippen LogP contribution in [0.3, 0.4) is 0 Å². The second kappa shape index (κ2) is 8.94. The Morgan fingerprint density at radius 1 is 1.16 bits per heavy atom. The smallest absolute Gasteiger partial charge is 0.303 e. The summed E-state index contributed by atoms with van der Waals surface area (Å²) in [7, 11) is 1.59. The molecular weight excluding hydrogens is 325 g/mol. The number of carboxylic acid groups (broad SMARTS) is 1. The van der Waals surface area contributed by atoms with Crippen LogP contribution in [0.4, 0.5) is 10.1 Å². The number of benzene rings is 2. The molecule has 2 N–H and O–H groups in total. The minimum absolute atomic E-state index is 0.00750. The highest BCUT2D eigenvalue weighted by molar-refractivity contribution is 5.91. The maximum atomic E-state index is 13.1. The summed E-state index contributed by atoms with van der Waals surface area (Å²) < 4.78 is 18.1. The molecule has 1 amide bonds. The number of halogens is 1. The third-order valence-electron chi connectivity index (χ3n) is 3.72. The maximum Gasteiger partial charge on any atom is 0.303 e. The van der Waals surface area contributed by atoms with Gasteiger partial charge in [-0.15, -0.1) is 0 Å². The van der Waals surface area contributed by atoms with Gasteiger partial charge in [-0.3, -0.25) is 9.59 Å². The predicted molar refractivity (Wildman–Crippen MR) is 91.8 cm³/mol. The van der Waals surface area contributed by atoms with Gasteiger partial charge in [-0.25, -0.2) is 4.39 Å². The van der Waals surface area contributed by atoms with Crippen molar-refractivity contribution in [2.75, 3.05) is 12.4 Å². The first kappa shape index (κ1) is 18.6. The van der Waals surface area contributed by atoms with Crippen LogP contribution in [0.25, 0.3) is 0 Å². The molecule has 0 saturated heterocycles. The summed E-state index contributed by atoms with van der Waals surface area (Å²) in [5, 5.41) is 11.8. The predicted octanol–water partition coefficient (Wildman–Crippen LogP) is 3.56. The molecule has 0 bridgehead atoms. The number of aliphatic carboxylic acids is 1. The SMILES string of the molecule is COCc1cccc(NC(=O)CC(CC(=O)O)c2ccc(F)cc2)c1. The van der Waals surface area contributed by atoms with E-state index in [4.69, 9.17) is 9.84 Å². The summed E-state index contributed by atoms with van der Waals surface area (Å²) in [6, 6.07) is 12.8. The van der Waals surface area contributed by atoms with Crippen molar-refractivity contribution < 1.29 is 23.8 Å². The van der Waals surface area contributed by atoms with Crippen LogP contribution in [0.5, 0.6) is 0 Å². The van der Waals surface area contributed by atoms with Gasteiger partial charge in [0.1, 0.15) is 5.82 Å². The Kier molecular flexibility index (Phi) is 6.65. The number of rotatable bonds is 8. The largest absolute Gasteiger partial charge is 0.481 e. The molecule has 0 heterocycles. The Bertz CT molecular complexity index is 730. The van der Waals surface area contributed by atoms with Crippen LogP contribution in [0.1, 0.15) is 29.9 Å². The van der Waals surface area contributed by atoms with Crippen LogP contribution < -0.4 is 5.32 Å². The van der Waals surface area contributed by atoms with Gasteiger partial charge >= 0.3 is 5.97 Å². The molecule has 0 aliphatic rings. The molecule has 0 aromatic heterocycles. The van der Waals surface area contributed by atoms with Crippen LogP contribution in [-0.4, -0.2) is 24.1 Å². The molecule has 0 aliphatic heterocycles. The summed E-state index contributed by atoms with van der Waals surface area (Å²) >= 11 is 0. The third kappa shape index (κ3) is 6.00. The number of hydrogen-bond donors (Lipinski definition) is 2. The van der Waals surface area contributed by atoms with Gasteiger partial charge in [-0.05, 0) is 35.4 Å². The Hall–Kier alpha value is -2.73. The number of amides is 1. The number of carboxylic acids is 1. The Morgan fingerprint density at radius 3 is 2.52 bits per heavy atom. The first-order chi connectivity index (χ1) is 12.0. The molecule has 25 heavy (non-hydrogen) atoms. The minimum atomic E-state index is -1.01. The highest BCUT2D eigenvalue weighted by Gasteiger charge is 2.19. The van der Waals surface area contributed by atoms with Gasteiger partial charge in [-0.1, -0.05) is 24.3 Å². The molecular formula is C19H20FNO4. The first-order valence-corrected chi connectivity index (χ1v) is 7.83. The molecule has 2 rings (SSSR count). The first-order valence-electron chi connectivity index (χ1n) is 7.83. The molecule has 6 heteroatoms. The van der Waals surface area contributed by atoms with Crippen molar-refractivity contribution in [2.45, 2.75) is 25.4 Å². The number of methoxy groups -OCH3 is 1. The molecule has 132 valence electrons. The van der Waals surface area contributed by atoms with E-state index in [2.05, 4.69) is 5.32 Å². The van der Waals surface area contributed by atoms with E-state index in [1.807, 2.05) is 6.07 Å². The van der Waals surface area contributed by atoms with Gasteiger partial charge in [0.05, 0.1) is 13.0 Å². The molecule has 0 fully saturated rings. The molecule has 1 unspecified atom stereocenters. The monoisotopic (exact) mass is 345 g/mol. The van der Waals surface area contributed by atoms with E-state index in [1.54, 1.807) is 25.3 Å². The summed E-state index contributed by atoms with van der Waals surface area (Å²) in [5.41, 5.74) is 2.15. The fourth-order valence-corrected chi connectivity index (χ4v) is 2.59. The summed E-state index contributed by atoms with van der Waals surface area (Å²) in [6.45, 7) is 0.431. The molecule has 0 saturated carbocycles. The van der Waals surface area contributed by atoms with Crippen LogP contribution in [-0.2, 0) is 20.9 Å². The van der Waals surface area contributed by atoms with Crippen molar-refractivity contribution in [3.8, 4) is 0 Å². The lowest BCUT2D eigenvalue weighted by atomic mass is 9.92. The second-order valence-electron chi connectivity index (χ2n) is 5.73. The molecule has 0 spiro atoms. The summed E-state index contributed by atoms with van der Waals surface area (Å²) in [5.74, 6) is -2.24. The van der Waals surface area contributed by atoms with E-state index in [1.165, 1.54) is 24.3 Å². The van der Waals surface area contributed by atoms with Crippen molar-refractivity contribution >= 4 is 17.6 Å². The average Bonchev–Trinajstić information content (AvgIpc) is 2.55. The molecule has 5 nitrogen and oxygen atoms in total. The molecule has 1 atom stereocenters. The maximum absolute atomic E-state index is 13.1. The molecule has 0 radical (unpaired) electrons. The lowest BCUT2D eigenvalue weighted by molar-refractivity contribution is -0.137. The normalized spacial score (nSPS) is 11.8. The topological polar surface area (TPSA) is 75.6 Å². The van der Waals surface area contributed by atoms with Crippen LogP contribution >= 0.6 is 0 Å². The van der Waals surface area contributed by atoms with E-state index in [0.29, 0.717) is 17.9 Å². The van der Waals surface area contributed by atoms with Gasteiger partial charge in [0, 0.05) is 25.1 Å². The van der Waals surface area contributed by atoms with Crippen LogP contribution in [0, 0.1) is 5.82 Å². The minimum Gasteiger partial charge on any atom is -0.481 e. The zero-order chi connectivity index (χ0) is 18.2.